The van der Waals surface area contributed by atoms with Crippen molar-refractivity contribution in [2.45, 2.75) is 26.4 Å². The molecule has 3 rings (SSSR count). The Hall–Kier alpha value is -2.63. The first-order chi connectivity index (χ1) is 12.1. The van der Waals surface area contributed by atoms with E-state index in [1.165, 1.54) is 6.20 Å². The number of nitrogens with zero attached hydrogens (tertiary/aromatic N) is 3. The lowest BCUT2D eigenvalue weighted by Crippen LogP contribution is -2.24. The predicted molar refractivity (Wildman–Crippen MR) is 94.8 cm³/mol. The van der Waals surface area contributed by atoms with E-state index >= 15 is 0 Å². The van der Waals surface area contributed by atoms with Gasteiger partial charge in [0.15, 0.2) is 0 Å². The molecule has 0 N–H and O–H groups in total. The molecule has 6 heteroatoms. The fourth-order valence-corrected chi connectivity index (χ4v) is 2.68. The molecular weight excluding hydrogens is 318 g/mol. The summed E-state index contributed by atoms with van der Waals surface area (Å²) in [5, 5.41) is 0. The molecule has 1 fully saturated rings. The molecule has 2 aromatic heterocycles. The van der Waals surface area contributed by atoms with Crippen LogP contribution in [0.2, 0.25) is 0 Å². The van der Waals surface area contributed by atoms with Crippen LogP contribution in [0.15, 0.2) is 42.9 Å². The number of aromatic nitrogens is 2. The second kappa shape index (κ2) is 7.96. The van der Waals surface area contributed by atoms with Crippen LogP contribution in [0.1, 0.15) is 30.6 Å². The molecule has 1 unspecified atom stereocenters. The molecule has 0 spiro atoms. The van der Waals surface area contributed by atoms with E-state index in [0.29, 0.717) is 24.0 Å². The fraction of sp³-hybridized carbons (Fsp3) is 0.421. The van der Waals surface area contributed by atoms with Crippen molar-refractivity contribution in [2.24, 2.45) is 5.92 Å². The maximum Gasteiger partial charge on any atom is 0.339 e. The van der Waals surface area contributed by atoms with Gasteiger partial charge in [-0.25, -0.2) is 9.78 Å². The summed E-state index contributed by atoms with van der Waals surface area (Å²) in [6.07, 6.45) is 6.11. The van der Waals surface area contributed by atoms with Crippen LogP contribution >= 0.6 is 0 Å². The van der Waals surface area contributed by atoms with Gasteiger partial charge in [-0.2, -0.15) is 0 Å². The summed E-state index contributed by atoms with van der Waals surface area (Å²) < 4.78 is 11.1. The molecule has 0 bridgehead atoms. The molecule has 3 heterocycles. The largest absolute Gasteiger partial charge is 0.472 e. The van der Waals surface area contributed by atoms with Gasteiger partial charge < -0.3 is 14.4 Å². The SMILES string of the molecule is CC(C)COC(=O)c1ccc(OC2CCN(c3ccncc3)C2)nc1. The summed E-state index contributed by atoms with van der Waals surface area (Å²) in [6.45, 7) is 6.15. The van der Waals surface area contributed by atoms with Crippen molar-refractivity contribution >= 4 is 11.7 Å². The van der Waals surface area contributed by atoms with Crippen molar-refractivity contribution in [2.75, 3.05) is 24.6 Å². The molecule has 0 radical (unpaired) electrons. The van der Waals surface area contributed by atoms with E-state index in [2.05, 4.69) is 14.9 Å². The zero-order valence-corrected chi connectivity index (χ0v) is 14.6. The Morgan fingerprint density at radius 3 is 2.76 bits per heavy atom. The smallest absolute Gasteiger partial charge is 0.339 e. The van der Waals surface area contributed by atoms with Crippen molar-refractivity contribution < 1.29 is 14.3 Å². The predicted octanol–water partition coefficient (Wildman–Crippen LogP) is 2.95. The molecule has 1 aliphatic rings. The zero-order chi connectivity index (χ0) is 17.6. The van der Waals surface area contributed by atoms with E-state index in [1.807, 2.05) is 26.0 Å². The number of carbonyl (C=O) groups is 1. The minimum Gasteiger partial charge on any atom is -0.472 e. The minimum atomic E-state index is -0.350. The molecule has 2 aromatic rings. The van der Waals surface area contributed by atoms with Gasteiger partial charge in [0.2, 0.25) is 5.88 Å². The highest BCUT2D eigenvalue weighted by atomic mass is 16.5. The molecule has 132 valence electrons. The molecule has 0 amide bonds. The second-order valence-corrected chi connectivity index (χ2v) is 6.56. The molecule has 1 saturated heterocycles. The van der Waals surface area contributed by atoms with Crippen LogP contribution in [0, 0.1) is 5.92 Å². The Balaban J connectivity index is 1.53. The third kappa shape index (κ3) is 4.68. The van der Waals surface area contributed by atoms with Gasteiger partial charge in [0.1, 0.15) is 6.10 Å². The fourth-order valence-electron chi connectivity index (χ4n) is 2.68. The highest BCUT2D eigenvalue weighted by Gasteiger charge is 2.24. The van der Waals surface area contributed by atoms with Gasteiger partial charge in [-0.3, -0.25) is 4.98 Å². The topological polar surface area (TPSA) is 64.6 Å². The highest BCUT2D eigenvalue weighted by molar-refractivity contribution is 5.89. The van der Waals surface area contributed by atoms with Gasteiger partial charge in [0, 0.05) is 43.3 Å². The van der Waals surface area contributed by atoms with E-state index in [0.717, 1.165) is 25.2 Å². The summed E-state index contributed by atoms with van der Waals surface area (Å²) in [5.41, 5.74) is 1.59. The van der Waals surface area contributed by atoms with Crippen LogP contribution in [-0.4, -0.2) is 41.7 Å². The number of hydrogen-bond acceptors (Lipinski definition) is 6. The van der Waals surface area contributed by atoms with E-state index in [-0.39, 0.29) is 12.1 Å². The summed E-state index contributed by atoms with van der Waals surface area (Å²) in [5.74, 6) is 0.490. The number of pyridine rings is 2. The summed E-state index contributed by atoms with van der Waals surface area (Å²) in [7, 11) is 0. The van der Waals surface area contributed by atoms with Crippen molar-refractivity contribution in [3.05, 3.63) is 48.4 Å². The number of anilines is 1. The molecule has 1 atom stereocenters. The zero-order valence-electron chi connectivity index (χ0n) is 14.6. The van der Waals surface area contributed by atoms with Crippen LogP contribution in [0.3, 0.4) is 0 Å². The van der Waals surface area contributed by atoms with Crippen molar-refractivity contribution in [1.82, 2.24) is 9.97 Å². The summed E-state index contributed by atoms with van der Waals surface area (Å²) in [6, 6.07) is 7.41. The van der Waals surface area contributed by atoms with Crippen LogP contribution in [-0.2, 0) is 4.74 Å². The maximum absolute atomic E-state index is 11.9. The minimum absolute atomic E-state index is 0.0828. The quantitative estimate of drug-likeness (QED) is 0.753. The molecule has 0 aliphatic carbocycles. The van der Waals surface area contributed by atoms with Gasteiger partial charge in [-0.05, 0) is 24.1 Å². The van der Waals surface area contributed by atoms with Crippen molar-refractivity contribution in [3.63, 3.8) is 0 Å². The number of ether oxygens (including phenoxy) is 2. The Labute approximate surface area is 147 Å². The molecule has 0 aromatic carbocycles. The van der Waals surface area contributed by atoms with Crippen LogP contribution < -0.4 is 9.64 Å². The first kappa shape index (κ1) is 17.2. The third-order valence-electron chi connectivity index (χ3n) is 3.98. The van der Waals surface area contributed by atoms with Gasteiger partial charge in [-0.15, -0.1) is 0 Å². The Morgan fingerprint density at radius 2 is 2.08 bits per heavy atom. The van der Waals surface area contributed by atoms with Crippen molar-refractivity contribution in [1.29, 1.82) is 0 Å². The first-order valence-electron chi connectivity index (χ1n) is 8.56. The molecular formula is C19H23N3O3. The van der Waals surface area contributed by atoms with Crippen LogP contribution in [0.25, 0.3) is 0 Å². The van der Waals surface area contributed by atoms with Gasteiger partial charge in [0.25, 0.3) is 0 Å². The summed E-state index contributed by atoms with van der Waals surface area (Å²) in [4.78, 5) is 22.4. The Kier molecular flexibility index (Phi) is 5.48. The van der Waals surface area contributed by atoms with E-state index in [9.17, 15) is 4.79 Å². The van der Waals surface area contributed by atoms with Crippen LogP contribution in [0.5, 0.6) is 5.88 Å². The molecule has 6 nitrogen and oxygen atoms in total. The normalized spacial score (nSPS) is 16.9. The molecule has 0 saturated carbocycles. The average Bonchev–Trinajstić information content (AvgIpc) is 3.09. The Morgan fingerprint density at radius 1 is 1.28 bits per heavy atom. The molecule has 1 aliphatic heterocycles. The lowest BCUT2D eigenvalue weighted by atomic mass is 10.2. The van der Waals surface area contributed by atoms with Gasteiger partial charge >= 0.3 is 5.97 Å². The van der Waals surface area contributed by atoms with Crippen molar-refractivity contribution in [3.8, 4) is 5.88 Å². The average molecular weight is 341 g/mol. The second-order valence-electron chi connectivity index (χ2n) is 6.56. The third-order valence-corrected chi connectivity index (χ3v) is 3.98. The highest BCUT2D eigenvalue weighted by Crippen LogP contribution is 2.22. The lowest BCUT2D eigenvalue weighted by molar-refractivity contribution is 0.0458. The van der Waals surface area contributed by atoms with Crippen LogP contribution in [0.4, 0.5) is 5.69 Å². The lowest BCUT2D eigenvalue weighted by Gasteiger charge is -2.18. The summed E-state index contributed by atoms with van der Waals surface area (Å²) >= 11 is 0. The number of hydrogen-bond donors (Lipinski definition) is 0. The monoisotopic (exact) mass is 341 g/mol. The molecule has 25 heavy (non-hydrogen) atoms. The van der Waals surface area contributed by atoms with Gasteiger partial charge in [-0.1, -0.05) is 13.8 Å². The Bertz CT molecular complexity index is 689. The number of carbonyl (C=O) groups excluding carboxylic acids is 1. The van der Waals surface area contributed by atoms with E-state index in [1.54, 1.807) is 24.5 Å². The maximum atomic E-state index is 11.9. The van der Waals surface area contributed by atoms with Gasteiger partial charge in [0.05, 0.1) is 18.7 Å². The first-order valence-corrected chi connectivity index (χ1v) is 8.56. The number of esters is 1. The standard InChI is InChI=1S/C19H23N3O3/c1-14(2)13-24-19(23)15-3-4-18(21-11-15)25-17-7-10-22(12-17)16-5-8-20-9-6-16/h3-6,8-9,11,14,17H,7,10,12-13H2,1-2H3. The van der Waals surface area contributed by atoms with E-state index < -0.39 is 0 Å². The number of rotatable bonds is 6. The van der Waals surface area contributed by atoms with E-state index in [4.69, 9.17) is 9.47 Å².